The van der Waals surface area contributed by atoms with Crippen LogP contribution >= 0.6 is 0 Å². The van der Waals surface area contributed by atoms with Gasteiger partial charge in [-0.2, -0.15) is 0 Å². The molecule has 23 heavy (non-hydrogen) atoms. The van der Waals surface area contributed by atoms with E-state index >= 15 is 0 Å². The highest BCUT2D eigenvalue weighted by atomic mass is 32.2. The lowest BCUT2D eigenvalue weighted by Crippen LogP contribution is -2.46. The van der Waals surface area contributed by atoms with Gasteiger partial charge >= 0.3 is 0 Å². The fourth-order valence-electron chi connectivity index (χ4n) is 2.67. The number of halogens is 2. The first kappa shape index (κ1) is 18.1. The molecule has 2 rings (SSSR count). The number of benzene rings is 1. The lowest BCUT2D eigenvalue weighted by molar-refractivity contribution is 0.257. The second-order valence-electron chi connectivity index (χ2n) is 5.69. The Labute approximate surface area is 138 Å². The third-order valence-corrected chi connectivity index (χ3v) is 4.62. The van der Waals surface area contributed by atoms with Gasteiger partial charge in [0.2, 0.25) is 0 Å². The summed E-state index contributed by atoms with van der Waals surface area (Å²) in [5.41, 5.74) is 0.371. The highest BCUT2D eigenvalue weighted by Crippen LogP contribution is 2.29. The van der Waals surface area contributed by atoms with E-state index < -0.39 is 22.4 Å². The molecule has 130 valence electrons. The van der Waals surface area contributed by atoms with Gasteiger partial charge < -0.3 is 9.64 Å². The van der Waals surface area contributed by atoms with Gasteiger partial charge in [-0.1, -0.05) is 6.92 Å². The van der Waals surface area contributed by atoms with Crippen molar-refractivity contribution in [1.82, 2.24) is 4.90 Å². The van der Waals surface area contributed by atoms with Crippen molar-refractivity contribution in [2.45, 2.75) is 13.3 Å². The van der Waals surface area contributed by atoms with E-state index in [1.807, 2.05) is 4.90 Å². The topological polar surface area (TPSA) is 32.8 Å². The van der Waals surface area contributed by atoms with Crippen molar-refractivity contribution in [2.24, 2.45) is 0 Å². The van der Waals surface area contributed by atoms with E-state index in [1.54, 1.807) is 6.26 Å². The van der Waals surface area contributed by atoms with Gasteiger partial charge in [0.1, 0.15) is 5.82 Å². The molecular weight excluding hydrogens is 322 g/mol. The Morgan fingerprint density at radius 2 is 1.87 bits per heavy atom. The molecule has 0 amide bonds. The van der Waals surface area contributed by atoms with Crippen LogP contribution in [-0.2, 0) is 10.8 Å². The van der Waals surface area contributed by atoms with Crippen LogP contribution < -0.4 is 9.64 Å². The van der Waals surface area contributed by atoms with E-state index in [2.05, 4.69) is 11.8 Å². The van der Waals surface area contributed by atoms with Gasteiger partial charge in [0.05, 0.1) is 18.0 Å². The Bertz CT molecular complexity index is 549. The number of hydrogen-bond donors (Lipinski definition) is 0. The minimum atomic E-state index is -1.00. The molecular formula is C16H24F2N2O2S. The zero-order chi connectivity index (χ0) is 16.8. The van der Waals surface area contributed by atoms with Crippen molar-refractivity contribution in [3.8, 4) is 5.75 Å². The van der Waals surface area contributed by atoms with E-state index in [-0.39, 0.29) is 12.4 Å². The Kier molecular flexibility index (Phi) is 6.77. The fraction of sp³-hybridized carbons (Fsp3) is 0.625. The predicted molar refractivity (Wildman–Crippen MR) is 89.7 cm³/mol. The molecule has 0 N–H and O–H groups in total. The van der Waals surface area contributed by atoms with Gasteiger partial charge in [-0.25, -0.2) is 8.78 Å². The molecule has 1 heterocycles. The summed E-state index contributed by atoms with van der Waals surface area (Å²) in [5.74, 6) is -0.958. The molecule has 1 saturated heterocycles. The number of hydrogen-bond acceptors (Lipinski definition) is 4. The first-order valence-electron chi connectivity index (χ1n) is 7.90. The van der Waals surface area contributed by atoms with Crippen LogP contribution in [0.15, 0.2) is 12.1 Å². The smallest absolute Gasteiger partial charge is 0.168 e. The van der Waals surface area contributed by atoms with E-state index in [9.17, 15) is 13.0 Å². The lowest BCUT2D eigenvalue weighted by Gasteiger charge is -2.36. The van der Waals surface area contributed by atoms with Crippen LogP contribution in [0.25, 0.3) is 0 Å². The maximum atomic E-state index is 14.1. The second-order valence-corrected chi connectivity index (χ2v) is 7.24. The van der Waals surface area contributed by atoms with E-state index in [4.69, 9.17) is 4.74 Å². The molecule has 1 aliphatic heterocycles. The van der Waals surface area contributed by atoms with Crippen LogP contribution in [0.2, 0.25) is 0 Å². The Morgan fingerprint density at radius 3 is 2.48 bits per heavy atom. The molecule has 0 radical (unpaired) electrons. The molecule has 1 aromatic rings. The zero-order valence-corrected chi connectivity index (χ0v) is 14.5. The van der Waals surface area contributed by atoms with Gasteiger partial charge in [0.15, 0.2) is 11.6 Å². The third kappa shape index (κ3) is 5.14. The number of rotatable bonds is 7. The highest BCUT2D eigenvalue weighted by Gasteiger charge is 2.21. The average molecular weight is 346 g/mol. The monoisotopic (exact) mass is 346 g/mol. The summed E-state index contributed by atoms with van der Waals surface area (Å²) in [6.45, 7) is 6.49. The highest BCUT2D eigenvalue weighted by molar-refractivity contribution is 7.84. The SMILES string of the molecule is CCCN1CCN(c2cc(OCC[S@](C)=O)c(F)cc2F)CC1. The summed E-state index contributed by atoms with van der Waals surface area (Å²) < 4.78 is 44.3. The summed E-state index contributed by atoms with van der Waals surface area (Å²) >= 11 is 0. The van der Waals surface area contributed by atoms with Crippen molar-refractivity contribution in [2.75, 3.05) is 56.2 Å². The minimum Gasteiger partial charge on any atom is -0.489 e. The molecule has 0 saturated carbocycles. The number of piperazine rings is 1. The minimum absolute atomic E-state index is 0.0165. The first-order chi connectivity index (χ1) is 11.0. The third-order valence-electron chi connectivity index (χ3n) is 3.88. The quantitative estimate of drug-likeness (QED) is 0.758. The number of anilines is 1. The van der Waals surface area contributed by atoms with Crippen molar-refractivity contribution >= 4 is 16.5 Å². The maximum Gasteiger partial charge on any atom is 0.168 e. The van der Waals surface area contributed by atoms with Gasteiger partial charge in [0.25, 0.3) is 0 Å². The Hall–Kier alpha value is -1.21. The molecule has 0 unspecified atom stereocenters. The largest absolute Gasteiger partial charge is 0.489 e. The lowest BCUT2D eigenvalue weighted by atomic mass is 10.2. The molecule has 0 aliphatic carbocycles. The summed E-state index contributed by atoms with van der Waals surface area (Å²) in [4.78, 5) is 4.26. The maximum absolute atomic E-state index is 14.1. The van der Waals surface area contributed by atoms with E-state index in [0.717, 1.165) is 32.1 Å². The summed E-state index contributed by atoms with van der Waals surface area (Å²) in [6, 6.07) is 2.28. The Balaban J connectivity index is 2.05. The fourth-order valence-corrected chi connectivity index (χ4v) is 2.99. The summed E-state index contributed by atoms with van der Waals surface area (Å²) in [7, 11) is -1.00. The van der Waals surface area contributed by atoms with Crippen molar-refractivity contribution in [3.63, 3.8) is 0 Å². The molecule has 1 aliphatic rings. The predicted octanol–water partition coefficient (Wildman–Crippen LogP) is 2.25. The molecule has 0 aromatic heterocycles. The number of ether oxygens (including phenoxy) is 1. The van der Waals surface area contributed by atoms with Gasteiger partial charge in [-0.15, -0.1) is 0 Å². The van der Waals surface area contributed by atoms with Crippen LogP contribution in [0.5, 0.6) is 5.75 Å². The molecule has 7 heteroatoms. The van der Waals surface area contributed by atoms with Crippen LogP contribution in [0.4, 0.5) is 14.5 Å². The zero-order valence-electron chi connectivity index (χ0n) is 13.7. The van der Waals surface area contributed by atoms with E-state index in [1.165, 1.54) is 6.07 Å². The number of nitrogens with zero attached hydrogens (tertiary/aromatic N) is 2. The Morgan fingerprint density at radius 1 is 1.17 bits per heavy atom. The first-order valence-corrected chi connectivity index (χ1v) is 9.63. The van der Waals surface area contributed by atoms with Gasteiger partial charge in [0, 0.05) is 55.4 Å². The molecule has 1 aromatic carbocycles. The molecule has 0 bridgehead atoms. The standard InChI is InChI=1S/C16H24F2N2O2S/c1-3-4-19-5-7-20(8-6-19)15-12-16(14(18)11-13(15)17)22-9-10-23(2)21/h11-12H,3-10H2,1-2H3/t23-/m0/s1. The normalized spacial score (nSPS) is 17.3. The van der Waals surface area contributed by atoms with Crippen LogP contribution in [0, 0.1) is 11.6 Å². The van der Waals surface area contributed by atoms with Gasteiger partial charge in [-0.3, -0.25) is 9.11 Å². The molecule has 4 nitrogen and oxygen atoms in total. The second kappa shape index (κ2) is 8.59. The summed E-state index contributed by atoms with van der Waals surface area (Å²) in [6.07, 6.45) is 2.66. The van der Waals surface area contributed by atoms with Gasteiger partial charge in [-0.05, 0) is 13.0 Å². The molecule has 1 atom stereocenters. The summed E-state index contributed by atoms with van der Waals surface area (Å²) in [5, 5.41) is 0. The van der Waals surface area contributed by atoms with Crippen LogP contribution in [0.1, 0.15) is 13.3 Å². The molecule has 1 fully saturated rings. The van der Waals surface area contributed by atoms with Crippen molar-refractivity contribution in [1.29, 1.82) is 0 Å². The van der Waals surface area contributed by atoms with Crippen LogP contribution in [0.3, 0.4) is 0 Å². The van der Waals surface area contributed by atoms with E-state index in [0.29, 0.717) is 24.5 Å². The molecule has 0 spiro atoms. The van der Waals surface area contributed by atoms with Crippen molar-refractivity contribution < 1.29 is 17.7 Å². The average Bonchev–Trinajstić information content (AvgIpc) is 2.50. The van der Waals surface area contributed by atoms with Crippen LogP contribution in [-0.4, -0.2) is 60.4 Å². The van der Waals surface area contributed by atoms with Crippen molar-refractivity contribution in [3.05, 3.63) is 23.8 Å².